The van der Waals surface area contributed by atoms with Gasteiger partial charge in [0.05, 0.1) is 0 Å². The molecule has 0 spiro atoms. The molecule has 0 aliphatic carbocycles. The molecule has 0 aliphatic heterocycles. The van der Waals surface area contributed by atoms with E-state index in [1.807, 2.05) is 13.8 Å². The summed E-state index contributed by atoms with van der Waals surface area (Å²) in [7, 11) is 0. The van der Waals surface area contributed by atoms with Crippen LogP contribution >= 0.6 is 0 Å². The number of primary amides is 1. The van der Waals surface area contributed by atoms with Crippen molar-refractivity contribution < 1.29 is 9.63 Å². The first-order valence-corrected chi connectivity index (χ1v) is 2.88. The van der Waals surface area contributed by atoms with Crippen LogP contribution in [0.4, 0.5) is 4.79 Å². The van der Waals surface area contributed by atoms with Gasteiger partial charge >= 0.3 is 6.09 Å². The number of hydroxylamine groups is 1. The summed E-state index contributed by atoms with van der Waals surface area (Å²) in [5, 5.41) is 0. The molecule has 0 aromatic rings. The molecule has 1 unspecified atom stereocenters. The molecule has 0 saturated carbocycles. The van der Waals surface area contributed by atoms with E-state index in [2.05, 4.69) is 16.1 Å². The Morgan fingerprint density at radius 1 is 1.89 bits per heavy atom. The van der Waals surface area contributed by atoms with Crippen molar-refractivity contribution in [1.29, 1.82) is 0 Å². The minimum absolute atomic E-state index is 0.164. The average Bonchev–Trinajstić information content (AvgIpc) is 1.83. The molecule has 0 saturated heterocycles. The van der Waals surface area contributed by atoms with Gasteiger partial charge in [-0.15, -0.1) is 5.48 Å². The van der Waals surface area contributed by atoms with E-state index in [-0.39, 0.29) is 6.04 Å². The SMILES string of the molecule is CCC(C)NOC(N)=O. The van der Waals surface area contributed by atoms with Crippen molar-refractivity contribution in [3.63, 3.8) is 0 Å². The number of rotatable bonds is 3. The van der Waals surface area contributed by atoms with Gasteiger partial charge in [0.25, 0.3) is 0 Å². The Morgan fingerprint density at radius 3 is 2.78 bits per heavy atom. The summed E-state index contributed by atoms with van der Waals surface area (Å²) in [6, 6.07) is 0.164. The molecule has 1 amide bonds. The van der Waals surface area contributed by atoms with Crippen LogP contribution in [0.2, 0.25) is 0 Å². The van der Waals surface area contributed by atoms with Gasteiger partial charge in [-0.05, 0) is 13.3 Å². The number of carbonyl (C=O) groups excluding carboxylic acids is 1. The van der Waals surface area contributed by atoms with Crippen LogP contribution in [0.15, 0.2) is 0 Å². The van der Waals surface area contributed by atoms with Crippen LogP contribution in [0.25, 0.3) is 0 Å². The number of carbonyl (C=O) groups is 1. The van der Waals surface area contributed by atoms with Crippen molar-refractivity contribution in [2.24, 2.45) is 5.73 Å². The summed E-state index contributed by atoms with van der Waals surface area (Å²) in [6.07, 6.45) is 0.100. The Morgan fingerprint density at radius 2 is 2.44 bits per heavy atom. The average molecular weight is 132 g/mol. The van der Waals surface area contributed by atoms with E-state index >= 15 is 0 Å². The monoisotopic (exact) mass is 132 g/mol. The molecule has 1 atom stereocenters. The van der Waals surface area contributed by atoms with Crippen molar-refractivity contribution >= 4 is 6.09 Å². The van der Waals surface area contributed by atoms with Gasteiger partial charge in [-0.1, -0.05) is 6.92 Å². The molecule has 54 valence electrons. The zero-order valence-corrected chi connectivity index (χ0v) is 5.68. The molecule has 0 heterocycles. The van der Waals surface area contributed by atoms with Gasteiger partial charge < -0.3 is 10.6 Å². The van der Waals surface area contributed by atoms with Crippen molar-refractivity contribution in [2.75, 3.05) is 0 Å². The zero-order valence-electron chi connectivity index (χ0n) is 5.68. The summed E-state index contributed by atoms with van der Waals surface area (Å²) < 4.78 is 0. The van der Waals surface area contributed by atoms with Crippen LogP contribution in [-0.4, -0.2) is 12.1 Å². The molecule has 9 heavy (non-hydrogen) atoms. The maximum Gasteiger partial charge on any atom is 0.423 e. The summed E-state index contributed by atoms with van der Waals surface area (Å²) in [5.74, 6) is 0. The van der Waals surface area contributed by atoms with E-state index in [4.69, 9.17) is 0 Å². The third kappa shape index (κ3) is 5.10. The highest BCUT2D eigenvalue weighted by atomic mass is 16.7. The zero-order chi connectivity index (χ0) is 7.28. The summed E-state index contributed by atoms with van der Waals surface area (Å²) >= 11 is 0. The van der Waals surface area contributed by atoms with Crippen LogP contribution in [0, 0.1) is 0 Å². The second-order valence-corrected chi connectivity index (χ2v) is 1.85. The van der Waals surface area contributed by atoms with Crippen molar-refractivity contribution in [1.82, 2.24) is 5.48 Å². The molecular weight excluding hydrogens is 120 g/mol. The second kappa shape index (κ2) is 4.14. The van der Waals surface area contributed by atoms with E-state index in [9.17, 15) is 4.79 Å². The lowest BCUT2D eigenvalue weighted by Gasteiger charge is -2.07. The fraction of sp³-hybridized carbons (Fsp3) is 0.800. The molecule has 0 aliphatic rings. The lowest BCUT2D eigenvalue weighted by atomic mass is 10.3. The van der Waals surface area contributed by atoms with Gasteiger partial charge in [-0.2, -0.15) is 0 Å². The minimum atomic E-state index is -0.796. The summed E-state index contributed by atoms with van der Waals surface area (Å²) in [4.78, 5) is 14.2. The first-order valence-electron chi connectivity index (χ1n) is 2.88. The number of amides is 1. The van der Waals surface area contributed by atoms with Gasteiger partial charge in [0.2, 0.25) is 0 Å². The predicted octanol–water partition coefficient (Wildman–Crippen LogP) is 0.385. The van der Waals surface area contributed by atoms with Crippen LogP contribution in [-0.2, 0) is 4.84 Å². The standard InChI is InChI=1S/C5H12N2O2/c1-3-4(2)7-9-5(6)8/h4,7H,3H2,1-2H3,(H2,6,8). The van der Waals surface area contributed by atoms with E-state index in [0.29, 0.717) is 0 Å². The van der Waals surface area contributed by atoms with Gasteiger partial charge in [0, 0.05) is 6.04 Å². The van der Waals surface area contributed by atoms with E-state index in [1.54, 1.807) is 0 Å². The van der Waals surface area contributed by atoms with Gasteiger partial charge in [0.15, 0.2) is 0 Å². The minimum Gasteiger partial charge on any atom is -0.354 e. The van der Waals surface area contributed by atoms with E-state index < -0.39 is 6.09 Å². The van der Waals surface area contributed by atoms with Crippen molar-refractivity contribution in [2.45, 2.75) is 26.3 Å². The Hall–Kier alpha value is -0.770. The molecule has 0 aromatic carbocycles. The van der Waals surface area contributed by atoms with Crippen LogP contribution in [0.5, 0.6) is 0 Å². The van der Waals surface area contributed by atoms with Crippen molar-refractivity contribution in [3.05, 3.63) is 0 Å². The van der Waals surface area contributed by atoms with E-state index in [0.717, 1.165) is 6.42 Å². The first kappa shape index (κ1) is 8.23. The molecule has 0 fully saturated rings. The number of nitrogens with one attached hydrogen (secondary N) is 1. The Balaban J connectivity index is 3.16. The number of hydrogen-bond donors (Lipinski definition) is 2. The molecule has 0 radical (unpaired) electrons. The third-order valence-corrected chi connectivity index (χ3v) is 0.973. The first-order chi connectivity index (χ1) is 4.16. The summed E-state index contributed by atoms with van der Waals surface area (Å²) in [6.45, 7) is 3.87. The van der Waals surface area contributed by atoms with E-state index in [1.165, 1.54) is 0 Å². The second-order valence-electron chi connectivity index (χ2n) is 1.85. The van der Waals surface area contributed by atoms with Gasteiger partial charge in [0.1, 0.15) is 0 Å². The highest BCUT2D eigenvalue weighted by Crippen LogP contribution is 1.85. The maximum absolute atomic E-state index is 9.96. The topological polar surface area (TPSA) is 64.3 Å². The quantitative estimate of drug-likeness (QED) is 0.546. The Labute approximate surface area is 54.3 Å². The Bertz CT molecular complexity index is 95.0. The van der Waals surface area contributed by atoms with Crippen molar-refractivity contribution in [3.8, 4) is 0 Å². The van der Waals surface area contributed by atoms with Gasteiger partial charge in [-0.25, -0.2) is 4.79 Å². The highest BCUT2D eigenvalue weighted by Gasteiger charge is 1.98. The van der Waals surface area contributed by atoms with Crippen LogP contribution in [0.1, 0.15) is 20.3 Å². The number of nitrogens with two attached hydrogens (primary N) is 1. The molecular formula is C5H12N2O2. The normalized spacial score (nSPS) is 12.7. The molecule has 4 nitrogen and oxygen atoms in total. The van der Waals surface area contributed by atoms with Crippen LogP contribution < -0.4 is 11.2 Å². The summed E-state index contributed by atoms with van der Waals surface area (Å²) in [5.41, 5.74) is 7.13. The molecule has 3 N–H and O–H groups in total. The lowest BCUT2D eigenvalue weighted by Crippen LogP contribution is -2.31. The van der Waals surface area contributed by atoms with Gasteiger partial charge in [-0.3, -0.25) is 0 Å². The molecule has 0 bridgehead atoms. The molecule has 0 rings (SSSR count). The predicted molar refractivity (Wildman–Crippen MR) is 33.6 cm³/mol. The Kier molecular flexibility index (Phi) is 3.79. The molecule has 0 aromatic heterocycles. The molecule has 4 heteroatoms. The fourth-order valence-corrected chi connectivity index (χ4v) is 0.242. The smallest absolute Gasteiger partial charge is 0.354 e. The van der Waals surface area contributed by atoms with Crippen LogP contribution in [0.3, 0.4) is 0 Å². The third-order valence-electron chi connectivity index (χ3n) is 0.973. The lowest BCUT2D eigenvalue weighted by molar-refractivity contribution is 0.0791. The maximum atomic E-state index is 9.96. The largest absolute Gasteiger partial charge is 0.423 e. The highest BCUT2D eigenvalue weighted by molar-refractivity contribution is 5.64. The number of hydrogen-bond acceptors (Lipinski definition) is 3. The fourth-order valence-electron chi connectivity index (χ4n) is 0.242.